The molecule has 1 heterocycles. The lowest BCUT2D eigenvalue weighted by Crippen LogP contribution is -2.35. The summed E-state index contributed by atoms with van der Waals surface area (Å²) in [4.78, 5) is 25.3. The van der Waals surface area contributed by atoms with Crippen molar-refractivity contribution in [1.82, 2.24) is 5.43 Å². The van der Waals surface area contributed by atoms with Gasteiger partial charge in [0.25, 0.3) is 11.8 Å². The van der Waals surface area contributed by atoms with E-state index in [0.717, 1.165) is 5.56 Å². The molecule has 0 radical (unpaired) electrons. The summed E-state index contributed by atoms with van der Waals surface area (Å²) in [6.07, 6.45) is 1.52. The normalized spacial score (nSPS) is 14.3. The van der Waals surface area contributed by atoms with Crippen LogP contribution in [0.3, 0.4) is 0 Å². The summed E-state index contributed by atoms with van der Waals surface area (Å²) in [5.74, 6) is 0.709. The second-order valence-electron chi connectivity index (χ2n) is 7.62. The number of halogens is 2. The zero-order valence-electron chi connectivity index (χ0n) is 19.0. The van der Waals surface area contributed by atoms with Crippen LogP contribution in [-0.4, -0.2) is 32.1 Å². The highest BCUT2D eigenvalue weighted by Gasteiger charge is 2.34. The predicted octanol–water partition coefficient (Wildman–Crippen LogP) is 5.34. The van der Waals surface area contributed by atoms with Crippen molar-refractivity contribution in [3.05, 3.63) is 86.9 Å². The van der Waals surface area contributed by atoms with Gasteiger partial charge in [0.15, 0.2) is 11.5 Å². The van der Waals surface area contributed by atoms with Gasteiger partial charge in [0.2, 0.25) is 0 Å². The number of hydrogen-bond donors (Lipinski definition) is 1. The Bertz CT molecular complexity index is 1300. The maximum absolute atomic E-state index is 12.8. The Kier molecular flexibility index (Phi) is 7.63. The number of nitrogens with one attached hydrogen (secondary N) is 1. The highest BCUT2D eigenvalue weighted by molar-refractivity contribution is 9.10. The van der Waals surface area contributed by atoms with Crippen LogP contribution in [0.15, 0.2) is 70.7 Å². The number of aryl methyl sites for hydroxylation is 1. The van der Waals surface area contributed by atoms with Gasteiger partial charge in [-0.25, -0.2) is 5.01 Å². The van der Waals surface area contributed by atoms with Gasteiger partial charge in [-0.05, 0) is 82.5 Å². The summed E-state index contributed by atoms with van der Waals surface area (Å²) in [6.45, 7) is 2.49. The van der Waals surface area contributed by atoms with Gasteiger partial charge >= 0.3 is 0 Å². The van der Waals surface area contributed by atoms with Gasteiger partial charge in [-0.2, -0.15) is 0 Å². The molecule has 1 aliphatic heterocycles. The van der Waals surface area contributed by atoms with E-state index >= 15 is 0 Å². The fourth-order valence-corrected chi connectivity index (χ4v) is 4.15. The standard InChI is InChI=1S/C26H22BrClN2O5/c1-16-12-19(8-9-22(16)28)34-10-11-35-24-21(27)14-17(15-23(24)33-2)13-20-25(31)29-30(26(20)32)18-6-4-3-5-7-18/h3-9,12-15H,10-11H2,1-2H3,(H,29,31)/b20-13+. The van der Waals surface area contributed by atoms with Gasteiger partial charge in [0.1, 0.15) is 24.5 Å². The second-order valence-corrected chi connectivity index (χ2v) is 8.88. The molecule has 1 fully saturated rings. The molecule has 3 aromatic carbocycles. The Morgan fingerprint density at radius 1 is 1.03 bits per heavy atom. The van der Waals surface area contributed by atoms with E-state index in [9.17, 15) is 9.59 Å². The lowest BCUT2D eigenvalue weighted by atomic mass is 10.1. The molecule has 0 saturated carbocycles. The fraction of sp³-hybridized carbons (Fsp3) is 0.154. The number of rotatable bonds is 8. The summed E-state index contributed by atoms with van der Waals surface area (Å²) < 4.78 is 17.7. The minimum Gasteiger partial charge on any atom is -0.493 e. The molecule has 0 aromatic heterocycles. The Hall–Kier alpha value is -3.49. The average molecular weight is 558 g/mol. The van der Waals surface area contributed by atoms with Gasteiger partial charge in [-0.15, -0.1) is 0 Å². The van der Waals surface area contributed by atoms with E-state index in [2.05, 4.69) is 21.4 Å². The van der Waals surface area contributed by atoms with E-state index in [4.69, 9.17) is 25.8 Å². The van der Waals surface area contributed by atoms with Crippen LogP contribution < -0.4 is 24.6 Å². The van der Waals surface area contributed by atoms with E-state index in [1.54, 1.807) is 48.5 Å². The molecule has 180 valence electrons. The van der Waals surface area contributed by atoms with Crippen LogP contribution >= 0.6 is 27.5 Å². The van der Waals surface area contributed by atoms with Crippen LogP contribution in [0.4, 0.5) is 5.69 Å². The Balaban J connectivity index is 1.46. The summed E-state index contributed by atoms with van der Waals surface area (Å²) in [5.41, 5.74) is 4.71. The van der Waals surface area contributed by atoms with Crippen molar-refractivity contribution < 1.29 is 23.8 Å². The first-order chi connectivity index (χ1) is 16.9. The third-order valence-corrected chi connectivity index (χ3v) is 6.21. The monoisotopic (exact) mass is 556 g/mol. The molecule has 4 rings (SSSR count). The number of hydrazine groups is 1. The van der Waals surface area contributed by atoms with E-state index in [-0.39, 0.29) is 12.2 Å². The number of ether oxygens (including phenoxy) is 3. The quantitative estimate of drug-likeness (QED) is 0.230. The number of amides is 2. The molecule has 2 amide bonds. The van der Waals surface area contributed by atoms with Gasteiger partial charge in [0.05, 0.1) is 17.3 Å². The van der Waals surface area contributed by atoms with E-state index in [0.29, 0.717) is 44.6 Å². The molecule has 7 nitrogen and oxygen atoms in total. The third kappa shape index (κ3) is 5.61. The molecular weight excluding hydrogens is 536 g/mol. The fourth-order valence-electron chi connectivity index (χ4n) is 3.46. The van der Waals surface area contributed by atoms with Crippen LogP contribution in [0.5, 0.6) is 17.2 Å². The Labute approximate surface area is 216 Å². The lowest BCUT2D eigenvalue weighted by Gasteiger charge is -2.14. The number of anilines is 1. The van der Waals surface area contributed by atoms with E-state index in [1.165, 1.54) is 18.2 Å². The largest absolute Gasteiger partial charge is 0.493 e. The molecule has 1 aliphatic rings. The Morgan fingerprint density at radius 3 is 2.49 bits per heavy atom. The first kappa shape index (κ1) is 24.6. The third-order valence-electron chi connectivity index (χ3n) is 5.20. The van der Waals surface area contributed by atoms with Crippen LogP contribution in [0.25, 0.3) is 6.08 Å². The molecule has 0 unspecified atom stereocenters. The smallest absolute Gasteiger partial charge is 0.282 e. The SMILES string of the molecule is COc1cc(/C=C2\C(=O)NN(c3ccccc3)C2=O)cc(Br)c1OCCOc1ccc(Cl)c(C)c1. The molecule has 0 spiro atoms. The summed E-state index contributed by atoms with van der Waals surface area (Å²) >= 11 is 9.54. The number of carbonyl (C=O) groups excluding carboxylic acids is 2. The first-order valence-corrected chi connectivity index (χ1v) is 11.9. The number of nitrogens with zero attached hydrogens (tertiary/aromatic N) is 1. The zero-order valence-corrected chi connectivity index (χ0v) is 21.4. The highest BCUT2D eigenvalue weighted by Crippen LogP contribution is 2.37. The highest BCUT2D eigenvalue weighted by atomic mass is 79.9. The minimum absolute atomic E-state index is 0.0168. The first-order valence-electron chi connectivity index (χ1n) is 10.7. The Morgan fingerprint density at radius 2 is 1.77 bits per heavy atom. The van der Waals surface area contributed by atoms with Crippen molar-refractivity contribution in [2.45, 2.75) is 6.92 Å². The summed E-state index contributed by atoms with van der Waals surface area (Å²) in [7, 11) is 1.52. The molecule has 9 heteroatoms. The van der Waals surface area contributed by atoms with Crippen LogP contribution in [0.2, 0.25) is 5.02 Å². The summed E-state index contributed by atoms with van der Waals surface area (Å²) in [5, 5.41) is 1.90. The van der Waals surface area contributed by atoms with Gasteiger partial charge in [-0.1, -0.05) is 29.8 Å². The van der Waals surface area contributed by atoms with Crippen molar-refractivity contribution in [3.8, 4) is 17.2 Å². The van der Waals surface area contributed by atoms with Crippen LogP contribution in [-0.2, 0) is 9.59 Å². The van der Waals surface area contributed by atoms with Crippen LogP contribution in [0.1, 0.15) is 11.1 Å². The maximum atomic E-state index is 12.8. The van der Waals surface area contributed by atoms with Crippen molar-refractivity contribution >= 4 is 51.1 Å². The maximum Gasteiger partial charge on any atom is 0.282 e. The van der Waals surface area contributed by atoms with Gasteiger partial charge in [-0.3, -0.25) is 15.0 Å². The predicted molar refractivity (Wildman–Crippen MR) is 138 cm³/mol. The minimum atomic E-state index is -0.483. The number of benzene rings is 3. The molecule has 1 N–H and O–H groups in total. The topological polar surface area (TPSA) is 77.1 Å². The average Bonchev–Trinajstić information content (AvgIpc) is 3.13. The molecule has 0 atom stereocenters. The van der Waals surface area contributed by atoms with Crippen molar-refractivity contribution in [2.24, 2.45) is 0 Å². The van der Waals surface area contributed by atoms with Crippen molar-refractivity contribution in [1.29, 1.82) is 0 Å². The summed E-state index contributed by atoms with van der Waals surface area (Å²) in [6, 6.07) is 17.8. The van der Waals surface area contributed by atoms with E-state index in [1.807, 2.05) is 19.1 Å². The molecule has 0 aliphatic carbocycles. The molecule has 1 saturated heterocycles. The van der Waals surface area contributed by atoms with Gasteiger partial charge < -0.3 is 14.2 Å². The molecule has 0 bridgehead atoms. The molecular formula is C26H22BrClN2O5. The number of carbonyl (C=O) groups is 2. The lowest BCUT2D eigenvalue weighted by molar-refractivity contribution is -0.117. The molecule has 3 aromatic rings. The number of hydrogen-bond acceptors (Lipinski definition) is 5. The van der Waals surface area contributed by atoms with E-state index < -0.39 is 11.8 Å². The van der Waals surface area contributed by atoms with Crippen molar-refractivity contribution in [2.75, 3.05) is 25.3 Å². The second kappa shape index (κ2) is 10.8. The number of methoxy groups -OCH3 is 1. The van der Waals surface area contributed by atoms with Crippen LogP contribution in [0, 0.1) is 6.92 Å². The number of para-hydroxylation sites is 1. The molecule has 35 heavy (non-hydrogen) atoms. The van der Waals surface area contributed by atoms with Gasteiger partial charge in [0, 0.05) is 5.02 Å². The van der Waals surface area contributed by atoms with Crippen molar-refractivity contribution in [3.63, 3.8) is 0 Å². The zero-order chi connectivity index (χ0) is 24.9.